The fourth-order valence-corrected chi connectivity index (χ4v) is 1.53. The summed E-state index contributed by atoms with van der Waals surface area (Å²) in [6.07, 6.45) is 4.02. The molecule has 0 radical (unpaired) electrons. The molecule has 102 valence electrons. The van der Waals surface area contributed by atoms with E-state index < -0.39 is 13.6 Å². The van der Waals surface area contributed by atoms with Gasteiger partial charge in [-0.25, -0.2) is 0 Å². The first kappa shape index (κ1) is 16.9. The monoisotopic (exact) mass is 295 g/mol. The second-order valence-corrected chi connectivity index (χ2v) is 5.48. The third kappa shape index (κ3) is 6.57. The molecule has 0 aliphatic heterocycles. The maximum absolute atomic E-state index is 8.82. The van der Waals surface area contributed by atoms with Crippen LogP contribution in [0.5, 0.6) is 0 Å². The van der Waals surface area contributed by atoms with E-state index in [4.69, 9.17) is 21.5 Å². The Kier molecular flexibility index (Phi) is 6.29. The topological polar surface area (TPSA) is 114 Å². The SMILES string of the molecule is CC1=CC(N(C)C)C(C)=CC1=[N+]=[N-].[O]=[Cr](=[O])([OH])[OH]. The van der Waals surface area contributed by atoms with Crippen LogP contribution in [-0.4, -0.2) is 43.9 Å². The third-order valence-electron chi connectivity index (χ3n) is 2.31. The van der Waals surface area contributed by atoms with E-state index >= 15 is 0 Å². The van der Waals surface area contributed by atoms with Crippen LogP contribution in [0.4, 0.5) is 0 Å². The van der Waals surface area contributed by atoms with E-state index in [1.54, 1.807) is 0 Å². The Morgan fingerprint density at radius 1 is 1.33 bits per heavy atom. The molecule has 0 spiro atoms. The van der Waals surface area contributed by atoms with E-state index in [0.717, 1.165) is 5.57 Å². The van der Waals surface area contributed by atoms with Crippen LogP contribution in [-0.2, 0) is 21.2 Å². The Bertz CT molecular complexity index is 505. The average molecular weight is 295 g/mol. The van der Waals surface area contributed by atoms with E-state index in [-0.39, 0.29) is 0 Å². The van der Waals surface area contributed by atoms with Crippen LogP contribution in [0.3, 0.4) is 0 Å². The molecule has 8 heteroatoms. The molecule has 1 rings (SSSR count). The molecule has 0 fully saturated rings. The minimum atomic E-state index is -5.25. The second kappa shape index (κ2) is 6.71. The molecule has 0 heterocycles. The first-order chi connectivity index (χ1) is 8.06. The number of hydrogen-bond donors (Lipinski definition) is 2. The third-order valence-corrected chi connectivity index (χ3v) is 2.31. The molecular formula is C10H17CrN3O4. The van der Waals surface area contributed by atoms with Gasteiger partial charge in [0.05, 0.1) is 0 Å². The molecule has 1 unspecified atom stereocenters. The summed E-state index contributed by atoms with van der Waals surface area (Å²) in [5.41, 5.74) is 11.6. The molecule has 0 aromatic heterocycles. The Balaban J connectivity index is 0.000000494. The minimum absolute atomic E-state index is 0.325. The van der Waals surface area contributed by atoms with Crippen LogP contribution in [0.1, 0.15) is 13.8 Å². The molecule has 1 atom stereocenters. The van der Waals surface area contributed by atoms with E-state index in [0.29, 0.717) is 11.8 Å². The Morgan fingerprint density at radius 3 is 2.11 bits per heavy atom. The molecule has 0 aromatic carbocycles. The van der Waals surface area contributed by atoms with Gasteiger partial charge in [0.25, 0.3) is 0 Å². The molecule has 0 saturated carbocycles. The number of allylic oxidation sites excluding steroid dienone is 2. The van der Waals surface area contributed by atoms with Gasteiger partial charge in [-0.15, -0.1) is 0 Å². The van der Waals surface area contributed by atoms with Crippen molar-refractivity contribution in [1.82, 2.24) is 4.90 Å². The van der Waals surface area contributed by atoms with E-state index in [1.165, 1.54) is 5.57 Å². The van der Waals surface area contributed by atoms with Crippen molar-refractivity contribution in [2.75, 3.05) is 14.1 Å². The zero-order chi connectivity index (χ0) is 14.5. The average Bonchev–Trinajstić information content (AvgIpc) is 2.18. The van der Waals surface area contributed by atoms with Crippen molar-refractivity contribution in [2.24, 2.45) is 0 Å². The molecular weight excluding hydrogens is 278 g/mol. The van der Waals surface area contributed by atoms with Gasteiger partial charge in [0.15, 0.2) is 0 Å². The summed E-state index contributed by atoms with van der Waals surface area (Å²) in [6, 6.07) is 0.325. The van der Waals surface area contributed by atoms with Crippen molar-refractivity contribution in [3.63, 3.8) is 0 Å². The summed E-state index contributed by atoms with van der Waals surface area (Å²) < 4.78 is 31.9. The van der Waals surface area contributed by atoms with Crippen molar-refractivity contribution in [3.8, 4) is 0 Å². The summed E-state index contributed by atoms with van der Waals surface area (Å²) in [7, 11) is 4.07. The summed E-state index contributed by atoms with van der Waals surface area (Å²) in [5.74, 6) is 0. The van der Waals surface area contributed by atoms with E-state index in [1.807, 2.05) is 34.0 Å². The second-order valence-electron chi connectivity index (χ2n) is 4.08. The Hall–Kier alpha value is -1.13. The van der Waals surface area contributed by atoms with Crippen molar-refractivity contribution >= 4 is 5.71 Å². The van der Waals surface area contributed by atoms with Gasteiger partial charge in [-0.05, 0) is 33.5 Å². The summed E-state index contributed by atoms with van der Waals surface area (Å²) >= 11 is -5.25. The molecule has 1 aliphatic carbocycles. The molecule has 1 aliphatic rings. The molecule has 18 heavy (non-hydrogen) atoms. The van der Waals surface area contributed by atoms with Gasteiger partial charge in [-0.1, -0.05) is 6.08 Å². The number of rotatable bonds is 1. The van der Waals surface area contributed by atoms with Crippen LogP contribution in [0.2, 0.25) is 0 Å². The standard InChI is InChI=1S/C10H15N3.Cr.2H2O.2O/c1-7-6-10(13(3)4)8(2)5-9(7)12-11;;;;;/h5-6,10H,1-4H3;;2*1H2;;/q;+2;;;;/p-2. The number of hydrogen-bond acceptors (Lipinski definition) is 3. The molecule has 2 N–H and O–H groups in total. The van der Waals surface area contributed by atoms with E-state index in [9.17, 15) is 0 Å². The maximum atomic E-state index is 8.82. The van der Waals surface area contributed by atoms with Crippen LogP contribution >= 0.6 is 0 Å². The van der Waals surface area contributed by atoms with E-state index in [2.05, 4.69) is 15.8 Å². The first-order valence-electron chi connectivity index (χ1n) is 5.01. The molecule has 7 nitrogen and oxygen atoms in total. The molecule has 0 saturated heterocycles. The van der Waals surface area contributed by atoms with Crippen molar-refractivity contribution in [2.45, 2.75) is 19.9 Å². The van der Waals surface area contributed by atoms with Gasteiger partial charge in [0, 0.05) is 17.7 Å². The predicted molar refractivity (Wildman–Crippen MR) is 59.4 cm³/mol. The quantitative estimate of drug-likeness (QED) is 0.527. The van der Waals surface area contributed by atoms with Crippen molar-refractivity contribution in [1.29, 1.82) is 0 Å². The van der Waals surface area contributed by atoms with Crippen molar-refractivity contribution < 1.29 is 34.3 Å². The zero-order valence-electron chi connectivity index (χ0n) is 10.7. The van der Waals surface area contributed by atoms with Crippen LogP contribution in [0.25, 0.3) is 5.53 Å². The summed E-state index contributed by atoms with van der Waals surface area (Å²) in [4.78, 5) is 5.35. The first-order valence-corrected chi connectivity index (χ1v) is 7.19. The molecule has 0 bridgehead atoms. The fourth-order valence-electron chi connectivity index (χ4n) is 1.53. The summed E-state index contributed by atoms with van der Waals surface area (Å²) in [6.45, 7) is 3.99. The Labute approximate surface area is 108 Å². The van der Waals surface area contributed by atoms with Gasteiger partial charge < -0.3 is 5.53 Å². The fraction of sp³-hybridized carbons (Fsp3) is 0.500. The van der Waals surface area contributed by atoms with Gasteiger partial charge in [-0.3, -0.25) is 4.90 Å². The van der Waals surface area contributed by atoms with Gasteiger partial charge >= 0.3 is 35.2 Å². The van der Waals surface area contributed by atoms with Crippen molar-refractivity contribution in [3.05, 3.63) is 28.8 Å². The number of likely N-dealkylation sites (N-methyl/N-ethyl adjacent to an activating group) is 1. The Morgan fingerprint density at radius 2 is 1.78 bits per heavy atom. The van der Waals surface area contributed by atoms with Gasteiger partial charge in [-0.2, -0.15) is 4.79 Å². The zero-order valence-corrected chi connectivity index (χ0v) is 12.0. The van der Waals surface area contributed by atoms with Gasteiger partial charge in [0.1, 0.15) is 0 Å². The predicted octanol–water partition coefficient (Wildman–Crippen LogP) is 0.140. The number of nitrogens with zero attached hydrogens (tertiary/aromatic N) is 3. The summed E-state index contributed by atoms with van der Waals surface area (Å²) in [5, 5.41) is 0. The normalized spacial score (nSPS) is 19.5. The van der Waals surface area contributed by atoms with Crippen LogP contribution < -0.4 is 0 Å². The molecule has 0 amide bonds. The molecule has 0 aromatic rings. The van der Waals surface area contributed by atoms with Crippen LogP contribution in [0.15, 0.2) is 23.3 Å². The van der Waals surface area contributed by atoms with Crippen LogP contribution in [0, 0.1) is 0 Å². The van der Waals surface area contributed by atoms with Gasteiger partial charge in [0.2, 0.25) is 0 Å².